The third kappa shape index (κ3) is 3.20. The van der Waals surface area contributed by atoms with Crippen LogP contribution in [-0.4, -0.2) is 43.8 Å². The SMILES string of the molecule is O=C(NC1(C(=O)O)CCSC1)c1ccn(-c2cccc(Cl)c2)n1. The van der Waals surface area contributed by atoms with Gasteiger partial charge in [0.25, 0.3) is 5.91 Å². The van der Waals surface area contributed by atoms with Crippen LogP contribution in [-0.2, 0) is 4.79 Å². The van der Waals surface area contributed by atoms with Crippen molar-refractivity contribution in [3.63, 3.8) is 0 Å². The minimum Gasteiger partial charge on any atom is -0.479 e. The molecule has 2 aromatic rings. The minimum absolute atomic E-state index is 0.169. The normalized spacial score (nSPS) is 20.4. The van der Waals surface area contributed by atoms with E-state index in [9.17, 15) is 14.7 Å². The first kappa shape index (κ1) is 15.9. The molecule has 1 amide bonds. The molecule has 0 spiro atoms. The Balaban J connectivity index is 1.80. The molecule has 1 fully saturated rings. The van der Waals surface area contributed by atoms with Gasteiger partial charge in [-0.15, -0.1) is 0 Å². The first-order valence-electron chi connectivity index (χ1n) is 6.95. The molecule has 0 radical (unpaired) electrons. The van der Waals surface area contributed by atoms with Gasteiger partial charge >= 0.3 is 5.97 Å². The number of rotatable bonds is 4. The summed E-state index contributed by atoms with van der Waals surface area (Å²) in [5, 5.41) is 16.8. The van der Waals surface area contributed by atoms with Crippen LogP contribution in [0.1, 0.15) is 16.9 Å². The molecule has 2 heterocycles. The van der Waals surface area contributed by atoms with Crippen LogP contribution in [0.3, 0.4) is 0 Å². The van der Waals surface area contributed by atoms with E-state index in [1.54, 1.807) is 30.5 Å². The number of aromatic nitrogens is 2. The van der Waals surface area contributed by atoms with E-state index in [0.29, 0.717) is 22.9 Å². The molecule has 1 saturated heterocycles. The van der Waals surface area contributed by atoms with Crippen molar-refractivity contribution in [3.8, 4) is 5.69 Å². The summed E-state index contributed by atoms with van der Waals surface area (Å²) >= 11 is 7.46. The maximum atomic E-state index is 12.3. The molecule has 0 bridgehead atoms. The van der Waals surface area contributed by atoms with Gasteiger partial charge in [0.2, 0.25) is 0 Å². The molecule has 2 N–H and O–H groups in total. The Morgan fingerprint density at radius 2 is 2.22 bits per heavy atom. The quantitative estimate of drug-likeness (QED) is 0.882. The van der Waals surface area contributed by atoms with Crippen molar-refractivity contribution >= 4 is 35.2 Å². The number of thioether (sulfide) groups is 1. The highest BCUT2D eigenvalue weighted by atomic mass is 35.5. The van der Waals surface area contributed by atoms with E-state index in [1.165, 1.54) is 16.4 Å². The van der Waals surface area contributed by atoms with Gasteiger partial charge in [0.05, 0.1) is 5.69 Å². The number of hydrogen-bond acceptors (Lipinski definition) is 4. The van der Waals surface area contributed by atoms with E-state index in [0.717, 1.165) is 5.69 Å². The molecule has 8 heteroatoms. The van der Waals surface area contributed by atoms with Crippen molar-refractivity contribution in [1.82, 2.24) is 15.1 Å². The fourth-order valence-electron chi connectivity index (χ4n) is 2.37. The van der Waals surface area contributed by atoms with Crippen LogP contribution in [0, 0.1) is 0 Å². The molecule has 120 valence electrons. The molecule has 0 saturated carbocycles. The fourth-order valence-corrected chi connectivity index (χ4v) is 3.88. The van der Waals surface area contributed by atoms with Crippen LogP contribution in [0.4, 0.5) is 0 Å². The van der Waals surface area contributed by atoms with Gasteiger partial charge in [0.15, 0.2) is 5.69 Å². The Morgan fingerprint density at radius 1 is 1.39 bits per heavy atom. The van der Waals surface area contributed by atoms with E-state index < -0.39 is 17.4 Å². The molecule has 1 atom stereocenters. The summed E-state index contributed by atoms with van der Waals surface area (Å²) in [6, 6.07) is 8.62. The number of halogens is 1. The zero-order valence-electron chi connectivity index (χ0n) is 12.0. The van der Waals surface area contributed by atoms with Gasteiger partial charge in [0, 0.05) is 17.0 Å². The number of nitrogens with one attached hydrogen (secondary N) is 1. The Hall–Kier alpha value is -1.99. The third-order valence-corrected chi connectivity index (χ3v) is 5.10. The van der Waals surface area contributed by atoms with Crippen molar-refractivity contribution in [2.45, 2.75) is 12.0 Å². The van der Waals surface area contributed by atoms with Gasteiger partial charge in [-0.25, -0.2) is 9.48 Å². The second-order valence-corrected chi connectivity index (χ2v) is 6.81. The topological polar surface area (TPSA) is 84.2 Å². The van der Waals surface area contributed by atoms with Crippen molar-refractivity contribution in [1.29, 1.82) is 0 Å². The number of carboxylic acids is 1. The standard InChI is InChI=1S/C15H14ClN3O3S/c16-10-2-1-3-11(8-10)19-6-4-12(18-19)13(20)17-15(14(21)22)5-7-23-9-15/h1-4,6,8H,5,7,9H2,(H,17,20)(H,21,22). The Labute approximate surface area is 141 Å². The van der Waals surface area contributed by atoms with Crippen LogP contribution >= 0.6 is 23.4 Å². The van der Waals surface area contributed by atoms with Crippen LogP contribution < -0.4 is 5.32 Å². The van der Waals surface area contributed by atoms with Gasteiger partial charge < -0.3 is 10.4 Å². The average molecular weight is 352 g/mol. The number of hydrogen-bond donors (Lipinski definition) is 2. The number of nitrogens with zero attached hydrogens (tertiary/aromatic N) is 2. The minimum atomic E-state index is -1.21. The molecule has 6 nitrogen and oxygen atoms in total. The number of aliphatic carboxylic acids is 1. The fraction of sp³-hybridized carbons (Fsp3) is 0.267. The molecular formula is C15H14ClN3O3S. The lowest BCUT2D eigenvalue weighted by Gasteiger charge is -2.23. The van der Waals surface area contributed by atoms with E-state index in [4.69, 9.17) is 11.6 Å². The average Bonchev–Trinajstić information content (AvgIpc) is 3.17. The summed E-state index contributed by atoms with van der Waals surface area (Å²) < 4.78 is 1.53. The highest BCUT2D eigenvalue weighted by Crippen LogP contribution is 2.28. The summed E-state index contributed by atoms with van der Waals surface area (Å²) in [6.07, 6.45) is 2.05. The monoisotopic (exact) mass is 351 g/mol. The molecule has 1 unspecified atom stereocenters. The molecular weight excluding hydrogens is 338 g/mol. The van der Waals surface area contributed by atoms with E-state index in [2.05, 4.69) is 10.4 Å². The van der Waals surface area contributed by atoms with E-state index >= 15 is 0 Å². The molecule has 1 aliphatic heterocycles. The first-order valence-corrected chi connectivity index (χ1v) is 8.49. The lowest BCUT2D eigenvalue weighted by molar-refractivity contribution is -0.143. The van der Waals surface area contributed by atoms with Gasteiger partial charge in [-0.3, -0.25) is 4.79 Å². The van der Waals surface area contributed by atoms with Crippen molar-refractivity contribution in [3.05, 3.63) is 47.2 Å². The van der Waals surface area contributed by atoms with Crippen molar-refractivity contribution in [2.24, 2.45) is 0 Å². The van der Waals surface area contributed by atoms with Crippen LogP contribution in [0.25, 0.3) is 5.69 Å². The molecule has 1 aromatic heterocycles. The molecule has 1 aliphatic rings. The summed E-state index contributed by atoms with van der Waals surface area (Å²) in [5.74, 6) is -0.423. The molecule has 0 aliphatic carbocycles. The number of amides is 1. The summed E-state index contributed by atoms with van der Waals surface area (Å²) in [7, 11) is 0. The predicted molar refractivity (Wildman–Crippen MR) is 88.3 cm³/mol. The molecule has 3 rings (SSSR count). The first-order chi connectivity index (χ1) is 11.0. The summed E-state index contributed by atoms with van der Waals surface area (Å²) in [6.45, 7) is 0. The molecule has 23 heavy (non-hydrogen) atoms. The number of carboxylic acid groups (broad SMARTS) is 1. The predicted octanol–water partition coefficient (Wildman–Crippen LogP) is 2.22. The number of carbonyl (C=O) groups excluding carboxylic acids is 1. The Bertz CT molecular complexity index is 756. The Kier molecular flexibility index (Phi) is 4.32. The van der Waals surface area contributed by atoms with Gasteiger partial charge in [-0.1, -0.05) is 17.7 Å². The maximum absolute atomic E-state index is 12.3. The lowest BCUT2D eigenvalue weighted by atomic mass is 9.99. The third-order valence-electron chi connectivity index (χ3n) is 3.68. The lowest BCUT2D eigenvalue weighted by Crippen LogP contribution is -2.54. The van der Waals surface area contributed by atoms with Crippen molar-refractivity contribution in [2.75, 3.05) is 11.5 Å². The number of carbonyl (C=O) groups is 2. The van der Waals surface area contributed by atoms with Crippen LogP contribution in [0.15, 0.2) is 36.5 Å². The van der Waals surface area contributed by atoms with Crippen LogP contribution in [0.5, 0.6) is 0 Å². The number of benzene rings is 1. The highest BCUT2D eigenvalue weighted by Gasteiger charge is 2.43. The zero-order valence-corrected chi connectivity index (χ0v) is 13.6. The summed E-state index contributed by atoms with van der Waals surface area (Å²) in [5.41, 5.74) is -0.315. The maximum Gasteiger partial charge on any atom is 0.330 e. The van der Waals surface area contributed by atoms with Gasteiger partial charge in [-0.2, -0.15) is 16.9 Å². The second kappa shape index (κ2) is 6.25. The molecule has 1 aromatic carbocycles. The van der Waals surface area contributed by atoms with Crippen LogP contribution in [0.2, 0.25) is 5.02 Å². The highest BCUT2D eigenvalue weighted by molar-refractivity contribution is 7.99. The summed E-state index contributed by atoms with van der Waals surface area (Å²) in [4.78, 5) is 23.8. The van der Waals surface area contributed by atoms with Gasteiger partial charge in [-0.05, 0) is 36.4 Å². The van der Waals surface area contributed by atoms with Crippen molar-refractivity contribution < 1.29 is 14.7 Å². The largest absolute Gasteiger partial charge is 0.479 e. The zero-order chi connectivity index (χ0) is 16.4. The Morgan fingerprint density at radius 3 is 2.87 bits per heavy atom. The van der Waals surface area contributed by atoms with E-state index in [1.807, 2.05) is 6.07 Å². The van der Waals surface area contributed by atoms with Gasteiger partial charge in [0.1, 0.15) is 5.54 Å². The van der Waals surface area contributed by atoms with E-state index in [-0.39, 0.29) is 5.69 Å². The smallest absolute Gasteiger partial charge is 0.330 e. The second-order valence-electron chi connectivity index (χ2n) is 5.27.